The smallest absolute Gasteiger partial charge is 0.0163 e. The molecule has 0 N–H and O–H groups in total. The Morgan fingerprint density at radius 2 is 2.00 bits per heavy atom. The molecule has 0 aromatic rings. The second-order valence-electron chi connectivity index (χ2n) is 3.64. The molecule has 0 unspecified atom stereocenters. The number of thiol groups is 1. The van der Waals surface area contributed by atoms with E-state index < -0.39 is 0 Å². The molecule has 0 aliphatic carbocycles. The van der Waals surface area contributed by atoms with Crippen molar-refractivity contribution in [1.82, 2.24) is 4.90 Å². The van der Waals surface area contributed by atoms with Crippen molar-refractivity contribution in [2.75, 3.05) is 25.4 Å². The van der Waals surface area contributed by atoms with Crippen LogP contribution in [-0.4, -0.2) is 30.3 Å². The topological polar surface area (TPSA) is 3.24 Å². The van der Waals surface area contributed by atoms with E-state index in [1.54, 1.807) is 0 Å². The largest absolute Gasteiger partial charge is 0.300 e. The highest BCUT2D eigenvalue weighted by atomic mass is 32.1. The number of hydrogen-bond acceptors (Lipinski definition) is 2. The van der Waals surface area contributed by atoms with Crippen LogP contribution >= 0.6 is 12.6 Å². The minimum absolute atomic E-state index is 0.865. The van der Waals surface area contributed by atoms with Crippen molar-refractivity contribution >= 4 is 12.6 Å². The third kappa shape index (κ3) is 3.63. The van der Waals surface area contributed by atoms with Gasteiger partial charge in [-0.1, -0.05) is 19.1 Å². The molecule has 0 spiro atoms. The molecule has 1 aliphatic rings. The van der Waals surface area contributed by atoms with Crippen molar-refractivity contribution in [2.45, 2.75) is 19.8 Å². The monoisotopic (exact) mass is 185 g/mol. The fourth-order valence-corrected chi connectivity index (χ4v) is 1.69. The van der Waals surface area contributed by atoms with Gasteiger partial charge in [0, 0.05) is 12.3 Å². The van der Waals surface area contributed by atoms with E-state index >= 15 is 0 Å². The maximum Gasteiger partial charge on any atom is 0.0163 e. The summed E-state index contributed by atoms with van der Waals surface area (Å²) in [4.78, 5) is 2.51. The van der Waals surface area contributed by atoms with Gasteiger partial charge in [0.1, 0.15) is 0 Å². The lowest BCUT2D eigenvalue weighted by Crippen LogP contribution is -2.32. The number of likely N-dealkylation sites (tertiary alicyclic amines) is 1. The molecule has 0 radical (unpaired) electrons. The third-order valence-electron chi connectivity index (χ3n) is 2.51. The van der Waals surface area contributed by atoms with Gasteiger partial charge >= 0.3 is 0 Å². The second-order valence-corrected chi connectivity index (χ2v) is 4.00. The normalized spacial score (nSPS) is 22.2. The van der Waals surface area contributed by atoms with E-state index in [4.69, 9.17) is 0 Å². The van der Waals surface area contributed by atoms with Gasteiger partial charge in [-0.3, -0.25) is 4.90 Å². The molecule has 0 bridgehead atoms. The van der Waals surface area contributed by atoms with Crippen LogP contribution in [0.4, 0.5) is 0 Å². The molecule has 0 atom stereocenters. The maximum atomic E-state index is 4.13. The zero-order valence-corrected chi connectivity index (χ0v) is 8.76. The van der Waals surface area contributed by atoms with E-state index in [-0.39, 0.29) is 0 Å². The highest BCUT2D eigenvalue weighted by Crippen LogP contribution is 2.15. The first-order valence-corrected chi connectivity index (χ1v) is 5.44. The van der Waals surface area contributed by atoms with E-state index in [9.17, 15) is 0 Å². The molecular weight excluding hydrogens is 166 g/mol. The van der Waals surface area contributed by atoms with Crippen LogP contribution in [0.1, 0.15) is 19.8 Å². The molecule has 2 heteroatoms. The average Bonchev–Trinajstić information content (AvgIpc) is 2.09. The van der Waals surface area contributed by atoms with Crippen molar-refractivity contribution in [2.24, 2.45) is 5.92 Å². The average molecular weight is 185 g/mol. The van der Waals surface area contributed by atoms with Gasteiger partial charge in [0.05, 0.1) is 0 Å². The van der Waals surface area contributed by atoms with E-state index in [0.29, 0.717) is 0 Å². The SMILES string of the molecule is CC1CCN(CC=CCS)CC1. The van der Waals surface area contributed by atoms with Crippen LogP contribution in [0.3, 0.4) is 0 Å². The number of hydrogen-bond donors (Lipinski definition) is 1. The van der Waals surface area contributed by atoms with Crippen LogP contribution in [0.5, 0.6) is 0 Å². The minimum Gasteiger partial charge on any atom is -0.300 e. The molecule has 1 saturated heterocycles. The van der Waals surface area contributed by atoms with Crippen LogP contribution in [0.15, 0.2) is 12.2 Å². The van der Waals surface area contributed by atoms with Crippen molar-refractivity contribution in [1.29, 1.82) is 0 Å². The minimum atomic E-state index is 0.865. The van der Waals surface area contributed by atoms with Gasteiger partial charge in [-0.05, 0) is 31.8 Å². The van der Waals surface area contributed by atoms with Gasteiger partial charge < -0.3 is 0 Å². The van der Waals surface area contributed by atoms with E-state index in [0.717, 1.165) is 18.2 Å². The van der Waals surface area contributed by atoms with E-state index in [2.05, 4.69) is 36.6 Å². The predicted molar refractivity (Wildman–Crippen MR) is 57.8 cm³/mol. The Balaban J connectivity index is 2.13. The summed E-state index contributed by atoms with van der Waals surface area (Å²) in [5.74, 6) is 1.81. The van der Waals surface area contributed by atoms with E-state index in [1.807, 2.05) is 0 Å². The first-order chi connectivity index (χ1) is 5.83. The fourth-order valence-electron chi connectivity index (χ4n) is 1.54. The first-order valence-electron chi connectivity index (χ1n) is 4.81. The molecule has 0 amide bonds. The summed E-state index contributed by atoms with van der Waals surface area (Å²) in [5.41, 5.74) is 0. The molecule has 1 rings (SSSR count). The summed E-state index contributed by atoms with van der Waals surface area (Å²) in [6, 6.07) is 0. The Kier molecular flexibility index (Phi) is 4.77. The molecule has 1 aliphatic heterocycles. The zero-order valence-electron chi connectivity index (χ0n) is 7.87. The predicted octanol–water partition coefficient (Wildman–Crippen LogP) is 2.20. The maximum absolute atomic E-state index is 4.13. The summed E-state index contributed by atoms with van der Waals surface area (Å²) < 4.78 is 0. The fraction of sp³-hybridized carbons (Fsp3) is 0.800. The molecule has 1 heterocycles. The van der Waals surface area contributed by atoms with Gasteiger partial charge in [-0.25, -0.2) is 0 Å². The van der Waals surface area contributed by atoms with Crippen molar-refractivity contribution in [3.63, 3.8) is 0 Å². The third-order valence-corrected chi connectivity index (χ3v) is 2.72. The highest BCUT2D eigenvalue weighted by Gasteiger charge is 2.13. The Morgan fingerprint density at radius 1 is 1.33 bits per heavy atom. The molecule has 70 valence electrons. The van der Waals surface area contributed by atoms with Crippen LogP contribution < -0.4 is 0 Å². The number of piperidine rings is 1. The van der Waals surface area contributed by atoms with Crippen molar-refractivity contribution < 1.29 is 0 Å². The second kappa shape index (κ2) is 5.65. The quantitative estimate of drug-likeness (QED) is 0.521. The van der Waals surface area contributed by atoms with Crippen molar-refractivity contribution in [3.05, 3.63) is 12.2 Å². The molecule has 0 saturated carbocycles. The Hall–Kier alpha value is 0.0500. The molecule has 0 aromatic heterocycles. The highest BCUT2D eigenvalue weighted by molar-refractivity contribution is 7.80. The van der Waals surface area contributed by atoms with Gasteiger partial charge in [-0.15, -0.1) is 0 Å². The lowest BCUT2D eigenvalue weighted by molar-refractivity contribution is 0.210. The molecule has 1 fully saturated rings. The summed E-state index contributed by atoms with van der Waals surface area (Å²) in [6.07, 6.45) is 7.09. The Bertz CT molecular complexity index is 137. The molecular formula is C10H19NS. The van der Waals surface area contributed by atoms with Crippen LogP contribution in [0.2, 0.25) is 0 Å². The van der Waals surface area contributed by atoms with Crippen LogP contribution in [0.25, 0.3) is 0 Å². The van der Waals surface area contributed by atoms with Gasteiger partial charge in [0.25, 0.3) is 0 Å². The lowest BCUT2D eigenvalue weighted by atomic mass is 9.99. The standard InChI is InChI=1S/C10H19NS/c1-10-4-7-11(8-5-10)6-2-3-9-12/h2-3,10,12H,4-9H2,1H3. The Labute approximate surface area is 81.2 Å². The number of rotatable bonds is 3. The lowest BCUT2D eigenvalue weighted by Gasteiger charge is -2.29. The molecule has 12 heavy (non-hydrogen) atoms. The summed E-state index contributed by atoms with van der Waals surface area (Å²) in [5, 5.41) is 0. The summed E-state index contributed by atoms with van der Waals surface area (Å²) in [6.45, 7) is 6.02. The van der Waals surface area contributed by atoms with Crippen LogP contribution in [0, 0.1) is 5.92 Å². The van der Waals surface area contributed by atoms with Gasteiger partial charge in [-0.2, -0.15) is 12.6 Å². The van der Waals surface area contributed by atoms with Crippen LogP contribution in [-0.2, 0) is 0 Å². The van der Waals surface area contributed by atoms with Gasteiger partial charge in [0.2, 0.25) is 0 Å². The van der Waals surface area contributed by atoms with Crippen molar-refractivity contribution in [3.8, 4) is 0 Å². The summed E-state index contributed by atoms with van der Waals surface area (Å²) in [7, 11) is 0. The summed E-state index contributed by atoms with van der Waals surface area (Å²) >= 11 is 4.13. The van der Waals surface area contributed by atoms with Gasteiger partial charge in [0.15, 0.2) is 0 Å². The Morgan fingerprint density at radius 3 is 2.58 bits per heavy atom. The zero-order chi connectivity index (χ0) is 8.81. The molecule has 1 nitrogen and oxygen atoms in total. The molecule has 0 aromatic carbocycles. The van der Waals surface area contributed by atoms with E-state index in [1.165, 1.54) is 25.9 Å². The number of nitrogens with zero attached hydrogens (tertiary/aromatic N) is 1. The first kappa shape index (κ1) is 10.1.